The van der Waals surface area contributed by atoms with Gasteiger partial charge in [0, 0.05) is 43.3 Å². The van der Waals surface area contributed by atoms with Crippen molar-refractivity contribution in [3.63, 3.8) is 0 Å². The molecule has 302 valence electrons. The van der Waals surface area contributed by atoms with E-state index in [0.717, 1.165) is 11.1 Å². The zero-order valence-electron chi connectivity index (χ0n) is 32.9. The number of hydrogen-bond donors (Lipinski definition) is 4. The van der Waals surface area contributed by atoms with Crippen LogP contribution in [-0.2, 0) is 0 Å². The monoisotopic (exact) mass is 854 g/mol. The molecule has 0 saturated heterocycles. The molecule has 11 nitrogen and oxygen atoms in total. The summed E-state index contributed by atoms with van der Waals surface area (Å²) in [7, 11) is 0. The Morgan fingerprint density at radius 1 is 0.500 bits per heavy atom. The average Bonchev–Trinajstić information content (AvgIpc) is 3.54. The summed E-state index contributed by atoms with van der Waals surface area (Å²) in [6.07, 6.45) is 0. The number of carbonyl (C=O) groups excluding carboxylic acids is 3. The molecule has 0 atom stereocenters. The number of phenolic OH excluding ortho intramolecular Hbond substituents is 2. The zero-order chi connectivity index (χ0) is 43.2. The normalized spacial score (nSPS) is 12.0. The van der Waals surface area contributed by atoms with Crippen molar-refractivity contribution in [3.8, 4) is 22.6 Å². The fraction of sp³-hybridized carbons (Fsp3) is 0.0408. The largest absolute Gasteiger partial charge is 0.505 e. The SMILES string of the molecule is Cc1ccc(Cl)cc1NC(=O)c1cc2ccccc2c(/N=N/c2ccc3c(c2)C(=O)c2cc(/N=N/c4c(O)c(C(=O)Nc5cc(Cl)ccc5C)cc5ccccc45)ccc2-3)c1O. The average molecular weight is 856 g/mol. The van der Waals surface area contributed by atoms with Gasteiger partial charge in [0.05, 0.1) is 22.5 Å². The van der Waals surface area contributed by atoms with Crippen LogP contribution in [0.5, 0.6) is 11.5 Å². The van der Waals surface area contributed by atoms with Gasteiger partial charge in [0.2, 0.25) is 0 Å². The number of ketones is 1. The quantitative estimate of drug-likeness (QED) is 0.112. The number of rotatable bonds is 8. The first kappa shape index (κ1) is 39.7. The number of hydrogen-bond acceptors (Lipinski definition) is 9. The summed E-state index contributed by atoms with van der Waals surface area (Å²) < 4.78 is 0. The maximum Gasteiger partial charge on any atom is 0.259 e. The van der Waals surface area contributed by atoms with Crippen LogP contribution in [0.3, 0.4) is 0 Å². The van der Waals surface area contributed by atoms with Crippen LogP contribution in [0.2, 0.25) is 10.0 Å². The number of benzene rings is 8. The van der Waals surface area contributed by atoms with Gasteiger partial charge in [-0.15, -0.1) is 10.2 Å². The van der Waals surface area contributed by atoms with Crippen molar-refractivity contribution in [1.29, 1.82) is 0 Å². The van der Waals surface area contributed by atoms with Crippen LogP contribution >= 0.6 is 23.2 Å². The highest BCUT2D eigenvalue weighted by Crippen LogP contribution is 2.44. The summed E-state index contributed by atoms with van der Waals surface area (Å²) >= 11 is 12.3. The number of nitrogens with zero attached hydrogens (tertiary/aromatic N) is 4. The van der Waals surface area contributed by atoms with E-state index >= 15 is 0 Å². The van der Waals surface area contributed by atoms with Gasteiger partial charge in [-0.05, 0) is 108 Å². The second-order valence-corrected chi connectivity index (χ2v) is 15.6. The fourth-order valence-electron chi connectivity index (χ4n) is 7.42. The van der Waals surface area contributed by atoms with Gasteiger partial charge >= 0.3 is 0 Å². The lowest BCUT2D eigenvalue weighted by molar-refractivity contribution is 0.101. The molecule has 8 aromatic rings. The minimum atomic E-state index is -0.555. The Morgan fingerprint density at radius 3 is 1.35 bits per heavy atom. The smallest absolute Gasteiger partial charge is 0.259 e. The number of azo groups is 2. The molecule has 13 heteroatoms. The molecule has 62 heavy (non-hydrogen) atoms. The Morgan fingerprint density at radius 2 is 0.919 bits per heavy atom. The minimum absolute atomic E-state index is 0.00459. The number of aromatic hydroxyl groups is 2. The maximum absolute atomic E-state index is 13.9. The van der Waals surface area contributed by atoms with Gasteiger partial charge in [-0.25, -0.2) is 0 Å². The Labute approximate surface area is 364 Å². The molecule has 9 rings (SSSR count). The van der Waals surface area contributed by atoms with Crippen LogP contribution < -0.4 is 10.6 Å². The molecule has 0 saturated carbocycles. The van der Waals surface area contributed by atoms with Crippen molar-refractivity contribution < 1.29 is 24.6 Å². The molecule has 0 radical (unpaired) electrons. The molecule has 0 unspecified atom stereocenters. The molecule has 0 bridgehead atoms. The summed E-state index contributed by atoms with van der Waals surface area (Å²) in [5, 5.41) is 49.5. The number of aryl methyl sites for hydroxylation is 2. The summed E-state index contributed by atoms with van der Waals surface area (Å²) in [5.41, 5.74) is 5.59. The fourth-order valence-corrected chi connectivity index (χ4v) is 7.76. The van der Waals surface area contributed by atoms with Gasteiger partial charge in [0.25, 0.3) is 11.8 Å². The molecule has 0 spiro atoms. The van der Waals surface area contributed by atoms with E-state index in [1.807, 2.05) is 26.0 Å². The van der Waals surface area contributed by atoms with E-state index in [9.17, 15) is 24.6 Å². The molecule has 8 aromatic carbocycles. The van der Waals surface area contributed by atoms with Crippen LogP contribution in [0, 0.1) is 13.8 Å². The molecular weight excluding hydrogens is 823 g/mol. The van der Waals surface area contributed by atoms with E-state index in [-0.39, 0.29) is 39.8 Å². The van der Waals surface area contributed by atoms with Crippen LogP contribution in [0.4, 0.5) is 34.1 Å². The number of anilines is 2. The number of nitrogens with one attached hydrogen (secondary N) is 2. The molecule has 0 aromatic heterocycles. The van der Waals surface area contributed by atoms with Crippen molar-refractivity contribution in [2.24, 2.45) is 20.5 Å². The van der Waals surface area contributed by atoms with E-state index in [1.54, 1.807) is 121 Å². The van der Waals surface area contributed by atoms with Crippen LogP contribution in [-0.4, -0.2) is 27.8 Å². The molecular formula is C49H32Cl2N6O5. The second-order valence-electron chi connectivity index (χ2n) is 14.7. The van der Waals surface area contributed by atoms with Crippen molar-refractivity contribution >= 4 is 96.5 Å². The van der Waals surface area contributed by atoms with E-state index in [2.05, 4.69) is 31.1 Å². The summed E-state index contributed by atoms with van der Waals surface area (Å²) in [5.74, 6) is -2.10. The second kappa shape index (κ2) is 16.0. The van der Waals surface area contributed by atoms with Gasteiger partial charge in [-0.1, -0.05) is 96.0 Å². The third kappa shape index (κ3) is 7.40. The highest BCUT2D eigenvalue weighted by Gasteiger charge is 2.28. The lowest BCUT2D eigenvalue weighted by atomic mass is 10.0. The molecule has 0 fully saturated rings. The first-order valence-corrected chi connectivity index (χ1v) is 20.0. The Bertz CT molecular complexity index is 3080. The van der Waals surface area contributed by atoms with Crippen molar-refractivity contribution in [3.05, 3.63) is 177 Å². The van der Waals surface area contributed by atoms with Crippen LogP contribution in [0.1, 0.15) is 47.8 Å². The molecule has 0 aliphatic heterocycles. The van der Waals surface area contributed by atoms with Crippen molar-refractivity contribution in [1.82, 2.24) is 0 Å². The molecule has 1 aliphatic rings. The summed E-state index contributed by atoms with van der Waals surface area (Å²) in [6, 6.07) is 38.0. The van der Waals surface area contributed by atoms with Crippen LogP contribution in [0.15, 0.2) is 154 Å². The lowest BCUT2D eigenvalue weighted by Gasteiger charge is -2.12. The number of halogens is 2. The zero-order valence-corrected chi connectivity index (χ0v) is 34.4. The number of phenols is 2. The third-order valence-corrected chi connectivity index (χ3v) is 11.2. The van der Waals surface area contributed by atoms with Gasteiger partial charge in [0.1, 0.15) is 11.4 Å². The Kier molecular flexibility index (Phi) is 10.3. The van der Waals surface area contributed by atoms with E-state index in [0.29, 0.717) is 76.6 Å². The lowest BCUT2D eigenvalue weighted by Crippen LogP contribution is -2.13. The van der Waals surface area contributed by atoms with Gasteiger partial charge in [-0.2, -0.15) is 10.2 Å². The summed E-state index contributed by atoms with van der Waals surface area (Å²) in [4.78, 5) is 40.9. The number of amides is 2. The molecule has 0 heterocycles. The molecule has 1 aliphatic carbocycles. The highest BCUT2D eigenvalue weighted by atomic mass is 35.5. The minimum Gasteiger partial charge on any atom is -0.505 e. The molecule has 2 amide bonds. The first-order chi connectivity index (χ1) is 29.9. The van der Waals surface area contributed by atoms with Crippen LogP contribution in [0.25, 0.3) is 32.7 Å². The van der Waals surface area contributed by atoms with E-state index < -0.39 is 11.8 Å². The Balaban J connectivity index is 0.994. The first-order valence-electron chi connectivity index (χ1n) is 19.2. The topological polar surface area (TPSA) is 165 Å². The predicted molar refractivity (Wildman–Crippen MR) is 243 cm³/mol. The highest BCUT2D eigenvalue weighted by molar-refractivity contribution is 6.31. The third-order valence-electron chi connectivity index (χ3n) is 10.7. The van der Waals surface area contributed by atoms with Gasteiger partial charge < -0.3 is 20.8 Å². The number of fused-ring (bicyclic) bond motifs is 5. The van der Waals surface area contributed by atoms with E-state index in [1.165, 1.54) is 0 Å². The van der Waals surface area contributed by atoms with E-state index in [4.69, 9.17) is 23.2 Å². The van der Waals surface area contributed by atoms with Gasteiger partial charge in [-0.3, -0.25) is 14.4 Å². The molecule has 4 N–H and O–H groups in total. The Hall–Kier alpha value is -7.73. The predicted octanol–water partition coefficient (Wildman–Crippen LogP) is 13.9. The standard InChI is InChI=1S/C49H32Cl2N6O5/c1-25-11-13-29(50)21-41(25)52-48(61)39-19-27-7-3-5-9-33(27)43(46(39)59)56-54-31-15-17-35-36-18-16-32(24-38(36)45(58)37(35)23-31)55-57-44-34-10-6-4-8-28(34)20-40(47(44)60)49(62)53-42-22-30(51)14-12-26(42)2/h3-24,59-60H,1-2H3,(H,52,61)(H,53,62)/b56-54+,57-55+. The maximum atomic E-state index is 13.9. The van der Waals surface area contributed by atoms with Crippen molar-refractivity contribution in [2.45, 2.75) is 13.8 Å². The van der Waals surface area contributed by atoms with Gasteiger partial charge in [0.15, 0.2) is 17.3 Å². The summed E-state index contributed by atoms with van der Waals surface area (Å²) in [6.45, 7) is 3.67. The van der Waals surface area contributed by atoms with Crippen molar-refractivity contribution in [2.75, 3.05) is 10.6 Å². The number of carbonyl (C=O) groups is 3.